The molecular formula is C12H14N2O4. The molecule has 0 atom stereocenters. The average molecular weight is 250 g/mol. The largest absolute Gasteiger partial charge is 0.478 e. The van der Waals surface area contributed by atoms with Crippen LogP contribution in [0.4, 0.5) is 11.4 Å². The highest BCUT2D eigenvalue weighted by Crippen LogP contribution is 2.36. The number of carbonyl (C=O) groups is 1. The van der Waals surface area contributed by atoms with E-state index in [4.69, 9.17) is 5.11 Å². The Balaban J connectivity index is 2.52. The molecule has 0 heterocycles. The molecular weight excluding hydrogens is 236 g/mol. The highest BCUT2D eigenvalue weighted by atomic mass is 16.6. The first-order valence-electron chi connectivity index (χ1n) is 5.76. The Bertz CT molecular complexity index is 465. The summed E-state index contributed by atoms with van der Waals surface area (Å²) in [6.07, 6.45) is 2.97. The molecule has 1 aromatic rings. The van der Waals surface area contributed by atoms with Gasteiger partial charge in [0.1, 0.15) is 5.69 Å². The third-order valence-electron chi connectivity index (χ3n) is 3.42. The minimum Gasteiger partial charge on any atom is -0.478 e. The maximum absolute atomic E-state index is 11.2. The van der Waals surface area contributed by atoms with Crippen molar-refractivity contribution in [1.82, 2.24) is 0 Å². The van der Waals surface area contributed by atoms with E-state index in [0.717, 1.165) is 19.3 Å². The third-order valence-corrected chi connectivity index (χ3v) is 3.42. The fourth-order valence-corrected chi connectivity index (χ4v) is 2.18. The zero-order valence-corrected chi connectivity index (χ0v) is 10.00. The number of nitrogens with zero attached hydrogens (tertiary/aromatic N) is 2. The summed E-state index contributed by atoms with van der Waals surface area (Å²) in [6.45, 7) is 0. The summed E-state index contributed by atoms with van der Waals surface area (Å²) in [5.74, 6) is -1.14. The van der Waals surface area contributed by atoms with E-state index in [1.54, 1.807) is 11.9 Å². The van der Waals surface area contributed by atoms with Crippen LogP contribution in [0, 0.1) is 10.1 Å². The monoisotopic (exact) mass is 250 g/mol. The Kier molecular flexibility index (Phi) is 3.18. The summed E-state index contributed by atoms with van der Waals surface area (Å²) in [5.41, 5.74) is 0.0441. The van der Waals surface area contributed by atoms with Crippen LogP contribution in [0.15, 0.2) is 18.2 Å². The molecule has 0 amide bonds. The van der Waals surface area contributed by atoms with Gasteiger partial charge in [-0.3, -0.25) is 10.1 Å². The fraction of sp³-hybridized carbons (Fsp3) is 0.417. The number of aromatic carboxylic acids is 1. The molecule has 0 aromatic heterocycles. The molecule has 0 spiro atoms. The Morgan fingerprint density at radius 2 is 2.17 bits per heavy atom. The Morgan fingerprint density at radius 3 is 2.61 bits per heavy atom. The minimum atomic E-state index is -1.14. The number of anilines is 1. The van der Waals surface area contributed by atoms with Crippen molar-refractivity contribution in [3.05, 3.63) is 33.9 Å². The molecule has 1 aliphatic carbocycles. The SMILES string of the molecule is CN(c1c(C(=O)O)cccc1[N+](=O)[O-])C1CCC1. The number of nitro benzene ring substituents is 1. The van der Waals surface area contributed by atoms with E-state index >= 15 is 0 Å². The van der Waals surface area contributed by atoms with Crippen LogP contribution in [-0.2, 0) is 0 Å². The van der Waals surface area contributed by atoms with Crippen molar-refractivity contribution >= 4 is 17.3 Å². The molecule has 0 bridgehead atoms. The van der Waals surface area contributed by atoms with Gasteiger partial charge in [-0.1, -0.05) is 6.07 Å². The van der Waals surface area contributed by atoms with Crippen LogP contribution in [0.3, 0.4) is 0 Å². The summed E-state index contributed by atoms with van der Waals surface area (Å²) >= 11 is 0. The van der Waals surface area contributed by atoms with Crippen LogP contribution < -0.4 is 4.90 Å². The number of hydrogen-bond acceptors (Lipinski definition) is 4. The summed E-state index contributed by atoms with van der Waals surface area (Å²) in [7, 11) is 1.72. The van der Waals surface area contributed by atoms with Gasteiger partial charge in [0.05, 0.1) is 10.5 Å². The highest BCUT2D eigenvalue weighted by molar-refractivity contribution is 5.97. The lowest BCUT2D eigenvalue weighted by atomic mass is 9.91. The Hall–Kier alpha value is -2.11. The van der Waals surface area contributed by atoms with Crippen LogP contribution in [0.2, 0.25) is 0 Å². The second-order valence-corrected chi connectivity index (χ2v) is 4.43. The Labute approximate surface area is 104 Å². The summed E-state index contributed by atoms with van der Waals surface area (Å²) in [4.78, 5) is 23.4. The molecule has 0 unspecified atom stereocenters. The van der Waals surface area contributed by atoms with Crippen LogP contribution in [-0.4, -0.2) is 29.1 Å². The van der Waals surface area contributed by atoms with Crippen molar-refractivity contribution in [2.75, 3.05) is 11.9 Å². The molecule has 1 N–H and O–H groups in total. The van der Waals surface area contributed by atoms with Gasteiger partial charge in [-0.2, -0.15) is 0 Å². The van der Waals surface area contributed by atoms with Gasteiger partial charge in [0.15, 0.2) is 0 Å². The van der Waals surface area contributed by atoms with Crippen molar-refractivity contribution in [1.29, 1.82) is 0 Å². The molecule has 18 heavy (non-hydrogen) atoms. The smallest absolute Gasteiger partial charge is 0.338 e. The van der Waals surface area contributed by atoms with Crippen LogP contribution >= 0.6 is 0 Å². The molecule has 1 saturated carbocycles. The first-order chi connectivity index (χ1) is 8.52. The van der Waals surface area contributed by atoms with Gasteiger partial charge in [-0.15, -0.1) is 0 Å². The molecule has 6 nitrogen and oxygen atoms in total. The standard InChI is InChI=1S/C12H14N2O4/c1-13(8-4-2-5-8)11-9(12(15)16)6-3-7-10(11)14(17)18/h3,6-8H,2,4-5H2,1H3,(H,15,16). The number of benzene rings is 1. The van der Waals surface area contributed by atoms with E-state index in [0.29, 0.717) is 0 Å². The van der Waals surface area contributed by atoms with Gasteiger partial charge in [-0.05, 0) is 25.3 Å². The van der Waals surface area contributed by atoms with E-state index < -0.39 is 10.9 Å². The molecule has 0 saturated heterocycles. The van der Waals surface area contributed by atoms with Crippen molar-refractivity contribution in [2.45, 2.75) is 25.3 Å². The molecule has 0 aliphatic heterocycles. The van der Waals surface area contributed by atoms with Gasteiger partial charge in [0.25, 0.3) is 5.69 Å². The average Bonchev–Trinajstić information content (AvgIpc) is 2.25. The zero-order chi connectivity index (χ0) is 13.3. The number of carboxylic acid groups (broad SMARTS) is 1. The first kappa shape index (κ1) is 12.3. The molecule has 1 aliphatic rings. The van der Waals surface area contributed by atoms with Gasteiger partial charge in [-0.25, -0.2) is 4.79 Å². The number of rotatable bonds is 4. The van der Waals surface area contributed by atoms with Crippen molar-refractivity contribution < 1.29 is 14.8 Å². The Morgan fingerprint density at radius 1 is 1.50 bits per heavy atom. The third kappa shape index (κ3) is 2.01. The fourth-order valence-electron chi connectivity index (χ4n) is 2.18. The summed E-state index contributed by atoms with van der Waals surface area (Å²) in [5, 5.41) is 20.2. The van der Waals surface area contributed by atoms with Crippen LogP contribution in [0.5, 0.6) is 0 Å². The van der Waals surface area contributed by atoms with Crippen LogP contribution in [0.25, 0.3) is 0 Å². The second kappa shape index (κ2) is 4.64. The van der Waals surface area contributed by atoms with E-state index in [9.17, 15) is 14.9 Å². The van der Waals surface area contributed by atoms with Crippen molar-refractivity contribution in [3.8, 4) is 0 Å². The molecule has 96 valence electrons. The lowest BCUT2D eigenvalue weighted by Gasteiger charge is -2.36. The quantitative estimate of drug-likeness (QED) is 0.654. The number of nitro groups is 1. The van der Waals surface area contributed by atoms with Gasteiger partial charge < -0.3 is 10.0 Å². The number of para-hydroxylation sites is 1. The molecule has 2 rings (SSSR count). The minimum absolute atomic E-state index is 0.0152. The van der Waals surface area contributed by atoms with Crippen molar-refractivity contribution in [2.24, 2.45) is 0 Å². The molecule has 0 radical (unpaired) electrons. The van der Waals surface area contributed by atoms with Crippen molar-refractivity contribution in [3.63, 3.8) is 0 Å². The predicted octanol–water partition coefficient (Wildman–Crippen LogP) is 2.28. The van der Waals surface area contributed by atoms with E-state index in [1.807, 2.05) is 0 Å². The zero-order valence-electron chi connectivity index (χ0n) is 10.00. The second-order valence-electron chi connectivity index (χ2n) is 4.43. The maximum atomic E-state index is 11.2. The van der Waals surface area contributed by atoms with E-state index in [-0.39, 0.29) is 23.0 Å². The summed E-state index contributed by atoms with van der Waals surface area (Å²) in [6, 6.07) is 4.35. The number of hydrogen-bond donors (Lipinski definition) is 1. The highest BCUT2D eigenvalue weighted by Gasteiger charge is 2.30. The molecule has 1 fully saturated rings. The maximum Gasteiger partial charge on any atom is 0.338 e. The lowest BCUT2D eigenvalue weighted by molar-refractivity contribution is -0.384. The van der Waals surface area contributed by atoms with Gasteiger partial charge in [0, 0.05) is 19.2 Å². The van der Waals surface area contributed by atoms with Gasteiger partial charge in [0.2, 0.25) is 0 Å². The van der Waals surface area contributed by atoms with E-state index in [2.05, 4.69) is 0 Å². The lowest BCUT2D eigenvalue weighted by Crippen LogP contribution is -2.38. The number of carboxylic acids is 1. The van der Waals surface area contributed by atoms with Crippen LogP contribution in [0.1, 0.15) is 29.6 Å². The van der Waals surface area contributed by atoms with E-state index in [1.165, 1.54) is 18.2 Å². The molecule has 1 aromatic carbocycles. The predicted molar refractivity (Wildman–Crippen MR) is 66.1 cm³/mol. The van der Waals surface area contributed by atoms with Gasteiger partial charge >= 0.3 is 5.97 Å². The summed E-state index contributed by atoms with van der Waals surface area (Å²) < 4.78 is 0. The topological polar surface area (TPSA) is 83.7 Å². The normalized spacial score (nSPS) is 14.9. The molecule has 6 heteroatoms. The first-order valence-corrected chi connectivity index (χ1v) is 5.76.